The molecular formula is C22H26FN7O. The minimum absolute atomic E-state index is 0.238. The number of ether oxygens (including phenoxy) is 1. The number of hydrogen-bond acceptors (Lipinski definition) is 7. The number of nitrogens with zero attached hydrogens (tertiary/aromatic N) is 4. The molecule has 31 heavy (non-hydrogen) atoms. The zero-order chi connectivity index (χ0) is 22.3. The van der Waals surface area contributed by atoms with E-state index in [9.17, 15) is 0 Å². The van der Waals surface area contributed by atoms with E-state index < -0.39 is 5.67 Å². The van der Waals surface area contributed by atoms with Crippen LogP contribution in [0.1, 0.15) is 37.9 Å². The van der Waals surface area contributed by atoms with Gasteiger partial charge < -0.3 is 15.4 Å². The van der Waals surface area contributed by atoms with Crippen LogP contribution in [-0.2, 0) is 5.67 Å². The molecule has 1 aromatic carbocycles. The number of anilines is 2. The Labute approximate surface area is 180 Å². The standard InChI is InChI=1S/C20H20FN7O.C2H6/c1-29-17-8-13(20(21)4-6-23-7-5-20)2-3-15(17)16-9-18(28-27-16)26-19-12-24-14(10-22)11-25-19;1-2/h2-3,8-9,11-12,23H,4-7H2,1H3,(H2,25,26,27,28);1-2H3. The van der Waals surface area contributed by atoms with Crippen molar-refractivity contribution in [3.05, 3.63) is 47.9 Å². The van der Waals surface area contributed by atoms with Gasteiger partial charge in [0.1, 0.15) is 23.3 Å². The Morgan fingerprint density at radius 1 is 1.13 bits per heavy atom. The fourth-order valence-corrected chi connectivity index (χ4v) is 3.41. The monoisotopic (exact) mass is 423 g/mol. The highest BCUT2D eigenvalue weighted by Gasteiger charge is 2.34. The molecule has 0 spiro atoms. The summed E-state index contributed by atoms with van der Waals surface area (Å²) >= 11 is 0. The van der Waals surface area contributed by atoms with Crippen molar-refractivity contribution in [2.24, 2.45) is 0 Å². The van der Waals surface area contributed by atoms with Gasteiger partial charge in [-0.05, 0) is 43.6 Å². The molecule has 8 nitrogen and oxygen atoms in total. The summed E-state index contributed by atoms with van der Waals surface area (Å²) in [5.74, 6) is 1.58. The maximum atomic E-state index is 15.3. The van der Waals surface area contributed by atoms with Crippen LogP contribution < -0.4 is 15.4 Å². The van der Waals surface area contributed by atoms with Crippen LogP contribution in [0.4, 0.5) is 16.0 Å². The zero-order valence-corrected chi connectivity index (χ0v) is 17.9. The molecule has 1 fully saturated rings. The molecule has 0 radical (unpaired) electrons. The first-order valence-electron chi connectivity index (χ1n) is 10.2. The van der Waals surface area contributed by atoms with Crippen LogP contribution in [0, 0.1) is 11.3 Å². The molecule has 0 amide bonds. The second kappa shape index (κ2) is 10.00. The predicted octanol–water partition coefficient (Wildman–Crippen LogP) is 4.06. The molecule has 3 aromatic rings. The normalized spacial score (nSPS) is 14.7. The summed E-state index contributed by atoms with van der Waals surface area (Å²) < 4.78 is 20.8. The van der Waals surface area contributed by atoms with Gasteiger partial charge in [0, 0.05) is 11.6 Å². The van der Waals surface area contributed by atoms with Crippen molar-refractivity contribution in [3.63, 3.8) is 0 Å². The van der Waals surface area contributed by atoms with Gasteiger partial charge in [0.05, 0.1) is 25.2 Å². The molecule has 3 heterocycles. The third-order valence-corrected chi connectivity index (χ3v) is 5.01. The van der Waals surface area contributed by atoms with Gasteiger partial charge in [-0.1, -0.05) is 19.9 Å². The van der Waals surface area contributed by atoms with Crippen LogP contribution in [0.25, 0.3) is 11.3 Å². The first-order chi connectivity index (χ1) is 15.1. The maximum absolute atomic E-state index is 15.3. The Bertz CT molecular complexity index is 1040. The number of hydrogen-bond donors (Lipinski definition) is 3. The summed E-state index contributed by atoms with van der Waals surface area (Å²) in [6.45, 7) is 5.32. The van der Waals surface area contributed by atoms with Gasteiger partial charge in [0.2, 0.25) is 0 Å². The Morgan fingerprint density at radius 2 is 1.90 bits per heavy atom. The average molecular weight is 423 g/mol. The molecule has 2 aromatic heterocycles. The second-order valence-electron chi connectivity index (χ2n) is 6.82. The number of rotatable bonds is 5. The molecule has 162 valence electrons. The van der Waals surface area contributed by atoms with Crippen LogP contribution in [0.3, 0.4) is 0 Å². The molecule has 4 rings (SSSR count). The number of halogens is 1. The van der Waals surface area contributed by atoms with E-state index >= 15 is 4.39 Å². The third-order valence-electron chi connectivity index (χ3n) is 5.01. The Kier molecular flexibility index (Phi) is 7.15. The number of piperidine rings is 1. The Balaban J connectivity index is 0.00000132. The van der Waals surface area contributed by atoms with Crippen molar-refractivity contribution in [1.82, 2.24) is 25.5 Å². The van der Waals surface area contributed by atoms with Gasteiger partial charge in [0.15, 0.2) is 11.5 Å². The summed E-state index contributed by atoms with van der Waals surface area (Å²) in [6.07, 6.45) is 3.73. The van der Waals surface area contributed by atoms with Crippen molar-refractivity contribution in [2.45, 2.75) is 32.4 Å². The summed E-state index contributed by atoms with van der Waals surface area (Å²) in [5.41, 5.74) is 1.02. The lowest BCUT2D eigenvalue weighted by Crippen LogP contribution is -2.36. The van der Waals surface area contributed by atoms with Gasteiger partial charge in [-0.3, -0.25) is 5.10 Å². The fourth-order valence-electron chi connectivity index (χ4n) is 3.41. The highest BCUT2D eigenvalue weighted by atomic mass is 19.1. The molecule has 0 saturated carbocycles. The lowest BCUT2D eigenvalue weighted by Gasteiger charge is -2.30. The van der Waals surface area contributed by atoms with E-state index in [1.165, 1.54) is 12.4 Å². The minimum atomic E-state index is -1.34. The molecule has 3 N–H and O–H groups in total. The number of aromatic nitrogens is 4. The third kappa shape index (κ3) is 4.98. The minimum Gasteiger partial charge on any atom is -0.496 e. The molecule has 0 aliphatic carbocycles. The van der Waals surface area contributed by atoms with E-state index in [4.69, 9.17) is 10.00 Å². The van der Waals surface area contributed by atoms with Gasteiger partial charge in [-0.15, -0.1) is 0 Å². The van der Waals surface area contributed by atoms with Crippen LogP contribution in [0.5, 0.6) is 5.75 Å². The molecule has 0 unspecified atom stereocenters. The predicted molar refractivity (Wildman–Crippen MR) is 117 cm³/mol. The number of nitrogens with one attached hydrogen (secondary N) is 3. The van der Waals surface area contributed by atoms with Crippen molar-refractivity contribution >= 4 is 11.6 Å². The molecule has 1 saturated heterocycles. The molecule has 0 atom stereocenters. The maximum Gasteiger partial charge on any atom is 0.158 e. The van der Waals surface area contributed by atoms with E-state index in [0.29, 0.717) is 48.9 Å². The lowest BCUT2D eigenvalue weighted by molar-refractivity contribution is 0.115. The summed E-state index contributed by atoms with van der Waals surface area (Å²) in [5, 5.41) is 22.2. The topological polar surface area (TPSA) is 112 Å². The van der Waals surface area contributed by atoms with Gasteiger partial charge in [0.25, 0.3) is 0 Å². The Hall–Kier alpha value is -3.51. The van der Waals surface area contributed by atoms with E-state index in [2.05, 4.69) is 30.8 Å². The number of aromatic amines is 1. The highest BCUT2D eigenvalue weighted by molar-refractivity contribution is 5.71. The Morgan fingerprint density at radius 3 is 2.55 bits per heavy atom. The van der Waals surface area contributed by atoms with E-state index in [-0.39, 0.29) is 5.69 Å². The van der Waals surface area contributed by atoms with E-state index in [1.807, 2.05) is 32.0 Å². The molecule has 1 aliphatic rings. The smallest absolute Gasteiger partial charge is 0.158 e. The van der Waals surface area contributed by atoms with Crippen molar-refractivity contribution in [2.75, 3.05) is 25.5 Å². The van der Waals surface area contributed by atoms with E-state index in [1.54, 1.807) is 19.2 Å². The number of benzene rings is 1. The SMILES string of the molecule is CC.COc1cc(C2(F)CCNCC2)ccc1-c1cc(Nc2cnc(C#N)cn2)n[nH]1. The van der Waals surface area contributed by atoms with Crippen LogP contribution >= 0.6 is 0 Å². The van der Waals surface area contributed by atoms with Crippen molar-refractivity contribution < 1.29 is 9.13 Å². The molecule has 9 heteroatoms. The van der Waals surface area contributed by atoms with Crippen LogP contribution in [0.15, 0.2) is 36.7 Å². The van der Waals surface area contributed by atoms with Crippen LogP contribution in [0.2, 0.25) is 0 Å². The zero-order valence-electron chi connectivity index (χ0n) is 17.9. The first kappa shape index (κ1) is 22.2. The fraction of sp³-hybridized carbons (Fsp3) is 0.364. The molecule has 1 aliphatic heterocycles. The largest absolute Gasteiger partial charge is 0.496 e. The van der Waals surface area contributed by atoms with Gasteiger partial charge >= 0.3 is 0 Å². The summed E-state index contributed by atoms with van der Waals surface area (Å²) in [7, 11) is 1.57. The van der Waals surface area contributed by atoms with Crippen molar-refractivity contribution in [3.8, 4) is 23.1 Å². The number of alkyl halides is 1. The highest BCUT2D eigenvalue weighted by Crippen LogP contribution is 2.39. The van der Waals surface area contributed by atoms with Crippen molar-refractivity contribution in [1.29, 1.82) is 5.26 Å². The first-order valence-corrected chi connectivity index (χ1v) is 10.2. The number of H-pyrrole nitrogens is 1. The molecule has 0 bridgehead atoms. The summed E-state index contributed by atoms with van der Waals surface area (Å²) in [6, 6.07) is 9.14. The summed E-state index contributed by atoms with van der Waals surface area (Å²) in [4.78, 5) is 8.07. The average Bonchev–Trinajstić information content (AvgIpc) is 3.29. The van der Waals surface area contributed by atoms with Gasteiger partial charge in [-0.2, -0.15) is 10.4 Å². The quantitative estimate of drug-likeness (QED) is 0.567. The van der Waals surface area contributed by atoms with E-state index in [0.717, 1.165) is 11.3 Å². The molecular weight excluding hydrogens is 397 g/mol. The number of methoxy groups -OCH3 is 1. The van der Waals surface area contributed by atoms with Gasteiger partial charge in [-0.25, -0.2) is 14.4 Å². The van der Waals surface area contributed by atoms with Crippen LogP contribution in [-0.4, -0.2) is 40.4 Å². The number of nitriles is 1. The second-order valence-corrected chi connectivity index (χ2v) is 6.82. The lowest BCUT2D eigenvalue weighted by atomic mass is 9.86.